The second kappa shape index (κ2) is 0.751. The van der Waals surface area contributed by atoms with E-state index in [0.717, 1.165) is 0 Å². The zero-order chi connectivity index (χ0) is 5.99. The molecule has 0 aromatic carbocycles. The second-order valence-electron chi connectivity index (χ2n) is 2.64. The van der Waals surface area contributed by atoms with E-state index in [-0.39, 0.29) is 5.57 Å². The van der Waals surface area contributed by atoms with Crippen LogP contribution in [0.25, 0.3) is 0 Å². The molecule has 2 rings (SSSR count). The van der Waals surface area contributed by atoms with Crippen molar-refractivity contribution in [2.45, 2.75) is 18.8 Å². The summed E-state index contributed by atoms with van der Waals surface area (Å²) >= 11 is 0. The van der Waals surface area contributed by atoms with E-state index in [1.54, 1.807) is 0 Å². The van der Waals surface area contributed by atoms with E-state index in [9.17, 15) is 8.78 Å². The quantitative estimate of drug-likeness (QED) is 0.424. The van der Waals surface area contributed by atoms with Crippen LogP contribution in [0.4, 0.5) is 8.78 Å². The monoisotopic (exact) mass is 116 g/mol. The van der Waals surface area contributed by atoms with Gasteiger partial charge in [0.1, 0.15) is 0 Å². The van der Waals surface area contributed by atoms with Gasteiger partial charge in [-0.3, -0.25) is 0 Å². The molecule has 0 heterocycles. The molecule has 2 heteroatoms. The average molecular weight is 116 g/mol. The van der Waals surface area contributed by atoms with Gasteiger partial charge in [0.2, 0.25) is 0 Å². The standard InChI is InChI=1S/C6H6F2/c1-4-5(2-3-5)6(4,7)8/h1-3H2. The zero-order valence-corrected chi connectivity index (χ0v) is 4.38. The maximum atomic E-state index is 12.3. The van der Waals surface area contributed by atoms with Crippen LogP contribution in [0.3, 0.4) is 0 Å². The van der Waals surface area contributed by atoms with Crippen LogP contribution in [0.5, 0.6) is 0 Å². The molecule has 0 nitrogen and oxygen atoms in total. The smallest absolute Gasteiger partial charge is 0.201 e. The van der Waals surface area contributed by atoms with E-state index in [4.69, 9.17) is 0 Å². The summed E-state index contributed by atoms with van der Waals surface area (Å²) in [5.41, 5.74) is -0.502. The van der Waals surface area contributed by atoms with E-state index in [2.05, 4.69) is 6.58 Å². The van der Waals surface area contributed by atoms with Gasteiger partial charge < -0.3 is 0 Å². The highest BCUT2D eigenvalue weighted by molar-refractivity contribution is 5.49. The van der Waals surface area contributed by atoms with Gasteiger partial charge in [0.05, 0.1) is 5.41 Å². The van der Waals surface area contributed by atoms with Crippen LogP contribution in [-0.4, -0.2) is 5.92 Å². The third kappa shape index (κ3) is 0.213. The molecule has 0 N–H and O–H groups in total. The number of hydrogen-bond acceptors (Lipinski definition) is 0. The van der Waals surface area contributed by atoms with Crippen LogP contribution < -0.4 is 0 Å². The van der Waals surface area contributed by atoms with Gasteiger partial charge in [-0.15, -0.1) is 0 Å². The van der Waals surface area contributed by atoms with Crippen LogP contribution in [0.15, 0.2) is 12.2 Å². The summed E-state index contributed by atoms with van der Waals surface area (Å²) in [6.07, 6.45) is 1.33. The average Bonchev–Trinajstić information content (AvgIpc) is 2.47. The molecule has 0 aliphatic heterocycles. The third-order valence-electron chi connectivity index (χ3n) is 2.25. The number of hydrogen-bond donors (Lipinski definition) is 0. The van der Waals surface area contributed by atoms with Crippen molar-refractivity contribution < 1.29 is 8.78 Å². The topological polar surface area (TPSA) is 0 Å². The lowest BCUT2D eigenvalue weighted by Crippen LogP contribution is -1.90. The molecule has 2 fully saturated rings. The first-order valence-corrected chi connectivity index (χ1v) is 2.69. The Balaban J connectivity index is 2.38. The van der Waals surface area contributed by atoms with E-state index >= 15 is 0 Å². The predicted octanol–water partition coefficient (Wildman–Crippen LogP) is 1.97. The fraction of sp³-hybridized carbons (Fsp3) is 0.667. The predicted molar refractivity (Wildman–Crippen MR) is 25.8 cm³/mol. The van der Waals surface area contributed by atoms with Crippen LogP contribution in [-0.2, 0) is 0 Å². The number of rotatable bonds is 0. The minimum atomic E-state index is -2.48. The van der Waals surface area contributed by atoms with Crippen molar-refractivity contribution in [1.82, 2.24) is 0 Å². The molecular weight excluding hydrogens is 110 g/mol. The van der Waals surface area contributed by atoms with Crippen molar-refractivity contribution >= 4 is 0 Å². The molecule has 0 aromatic rings. The summed E-state index contributed by atoms with van der Waals surface area (Å²) in [4.78, 5) is 0. The first-order chi connectivity index (χ1) is 3.61. The molecule has 1 spiro atoms. The summed E-state index contributed by atoms with van der Waals surface area (Å²) < 4.78 is 24.5. The van der Waals surface area contributed by atoms with Crippen LogP contribution in [0.1, 0.15) is 12.8 Å². The molecule has 44 valence electrons. The lowest BCUT2D eigenvalue weighted by Gasteiger charge is -1.83. The molecular formula is C6H6F2. The molecule has 8 heavy (non-hydrogen) atoms. The SMILES string of the molecule is C=C1C(F)(F)C12CC2. The van der Waals surface area contributed by atoms with Crippen molar-refractivity contribution in [3.05, 3.63) is 12.2 Å². The fourth-order valence-corrected chi connectivity index (χ4v) is 1.25. The van der Waals surface area contributed by atoms with E-state index in [1.165, 1.54) is 0 Å². The summed E-state index contributed by atoms with van der Waals surface area (Å²) in [6, 6.07) is 0. The van der Waals surface area contributed by atoms with Gasteiger partial charge in [0.15, 0.2) is 0 Å². The largest absolute Gasteiger partial charge is 0.279 e. The van der Waals surface area contributed by atoms with Gasteiger partial charge in [0.25, 0.3) is 5.92 Å². The lowest BCUT2D eigenvalue weighted by molar-refractivity contribution is 0.103. The zero-order valence-electron chi connectivity index (χ0n) is 4.38. The third-order valence-corrected chi connectivity index (χ3v) is 2.25. The van der Waals surface area contributed by atoms with Crippen molar-refractivity contribution in [1.29, 1.82) is 0 Å². The molecule has 2 saturated carbocycles. The molecule has 0 unspecified atom stereocenters. The molecule has 0 amide bonds. The van der Waals surface area contributed by atoms with Crippen molar-refractivity contribution in [2.75, 3.05) is 0 Å². The fourth-order valence-electron chi connectivity index (χ4n) is 1.25. The molecule has 2 aliphatic carbocycles. The number of allylic oxidation sites excluding steroid dienone is 1. The Morgan fingerprint density at radius 2 is 1.75 bits per heavy atom. The Hall–Kier alpha value is -0.400. The Kier molecular flexibility index (Phi) is 0.420. The maximum absolute atomic E-state index is 12.3. The highest BCUT2D eigenvalue weighted by atomic mass is 19.3. The highest BCUT2D eigenvalue weighted by Crippen LogP contribution is 2.78. The molecule has 0 aromatic heterocycles. The molecule has 0 radical (unpaired) electrons. The van der Waals surface area contributed by atoms with E-state index in [1.807, 2.05) is 0 Å². The van der Waals surface area contributed by atoms with Gasteiger partial charge in [-0.05, 0) is 12.8 Å². The Morgan fingerprint density at radius 3 is 1.75 bits per heavy atom. The number of halogens is 2. The summed E-state index contributed by atoms with van der Waals surface area (Å²) in [6.45, 7) is 3.28. The maximum Gasteiger partial charge on any atom is 0.279 e. The van der Waals surface area contributed by atoms with Crippen molar-refractivity contribution in [3.8, 4) is 0 Å². The summed E-state index contributed by atoms with van der Waals surface area (Å²) in [5, 5.41) is 0. The molecule has 0 atom stereocenters. The van der Waals surface area contributed by atoms with Crippen molar-refractivity contribution in [2.24, 2.45) is 5.41 Å². The lowest BCUT2D eigenvalue weighted by atomic mass is 10.4. The minimum Gasteiger partial charge on any atom is -0.201 e. The summed E-state index contributed by atoms with van der Waals surface area (Å²) in [7, 11) is 0. The van der Waals surface area contributed by atoms with Gasteiger partial charge in [-0.1, -0.05) is 6.58 Å². The highest BCUT2D eigenvalue weighted by Gasteiger charge is 2.81. The second-order valence-corrected chi connectivity index (χ2v) is 2.64. The Bertz CT molecular complexity index is 159. The van der Waals surface area contributed by atoms with Crippen LogP contribution in [0.2, 0.25) is 0 Å². The van der Waals surface area contributed by atoms with E-state index in [0.29, 0.717) is 12.8 Å². The molecule has 2 aliphatic rings. The van der Waals surface area contributed by atoms with Crippen LogP contribution in [0, 0.1) is 5.41 Å². The normalized spacial score (nSPS) is 35.5. The van der Waals surface area contributed by atoms with E-state index < -0.39 is 11.3 Å². The Labute approximate surface area is 46.2 Å². The van der Waals surface area contributed by atoms with Crippen LogP contribution >= 0.6 is 0 Å². The van der Waals surface area contributed by atoms with Gasteiger partial charge in [-0.25, -0.2) is 8.78 Å². The van der Waals surface area contributed by atoms with Crippen molar-refractivity contribution in [3.63, 3.8) is 0 Å². The van der Waals surface area contributed by atoms with Gasteiger partial charge in [-0.2, -0.15) is 0 Å². The molecule has 0 bridgehead atoms. The van der Waals surface area contributed by atoms with Gasteiger partial charge >= 0.3 is 0 Å². The van der Waals surface area contributed by atoms with Gasteiger partial charge in [0, 0.05) is 5.57 Å². The Morgan fingerprint density at radius 1 is 1.38 bits per heavy atom. The summed E-state index contributed by atoms with van der Waals surface area (Å²) in [5.74, 6) is -2.48. The number of alkyl halides is 2. The first-order valence-electron chi connectivity index (χ1n) is 2.69. The first kappa shape index (κ1) is 4.48. The molecule has 0 saturated heterocycles. The minimum absolute atomic E-state index is 0.171.